The molecule has 13 aromatic rings. The molecule has 0 atom stereocenters. The smallest absolute Gasteiger partial charge is 0.164 e. The van der Waals surface area contributed by atoms with Gasteiger partial charge in [-0.3, -0.25) is 0 Å². The summed E-state index contributed by atoms with van der Waals surface area (Å²) in [6.45, 7) is 0. The van der Waals surface area contributed by atoms with Crippen LogP contribution < -0.4 is 0 Å². The lowest BCUT2D eigenvalue weighted by molar-refractivity contribution is 0.668. The fraction of sp³-hybridized carbons (Fsp3) is 0. The zero-order valence-corrected chi connectivity index (χ0v) is 33.7. The highest BCUT2D eigenvalue weighted by atomic mass is 16.3. The Kier molecular flexibility index (Phi) is 7.80. The molecule has 0 aliphatic carbocycles. The molecule has 0 aliphatic rings. The van der Waals surface area contributed by atoms with Crippen LogP contribution in [0.5, 0.6) is 0 Å². The van der Waals surface area contributed by atoms with Gasteiger partial charge in [0.1, 0.15) is 22.3 Å². The number of hydrogen-bond donors (Lipinski definition) is 0. The first kappa shape index (κ1) is 35.2. The van der Waals surface area contributed by atoms with Gasteiger partial charge in [0.25, 0.3) is 0 Å². The Hall–Kier alpha value is -8.61. The van der Waals surface area contributed by atoms with E-state index in [0.717, 1.165) is 88.4 Å². The minimum atomic E-state index is 0.555. The summed E-state index contributed by atoms with van der Waals surface area (Å²) in [5.41, 5.74) is 13.7. The Morgan fingerprint density at radius 3 is 1.63 bits per heavy atom. The van der Waals surface area contributed by atoms with Crippen molar-refractivity contribution in [2.24, 2.45) is 0 Å². The topological polar surface area (TPSA) is 69.9 Å². The summed E-state index contributed by atoms with van der Waals surface area (Å²) >= 11 is 0. The van der Waals surface area contributed by atoms with Crippen molar-refractivity contribution in [1.29, 1.82) is 0 Å². The van der Waals surface area contributed by atoms with Gasteiger partial charge >= 0.3 is 0 Å². The average molecular weight is 807 g/mol. The fourth-order valence-electron chi connectivity index (χ4n) is 9.36. The van der Waals surface area contributed by atoms with E-state index in [2.05, 4.69) is 156 Å². The Morgan fingerprint density at radius 2 is 0.857 bits per heavy atom. The molecule has 0 radical (unpaired) electrons. The largest absolute Gasteiger partial charge is 0.456 e. The van der Waals surface area contributed by atoms with Crippen LogP contribution >= 0.6 is 0 Å². The third-order valence-corrected chi connectivity index (χ3v) is 12.3. The quantitative estimate of drug-likeness (QED) is 0.167. The standard InChI is InChI=1S/C57H34N4O2/c1-4-14-35(15-5-1)38-26-29-42-43-30-27-39(33-51(43)63-50(42)32-38)56-58-55(37-18-8-3-9-19-37)59-57(60-56)46-22-13-25-49-54(46)45-31-28-40(34-52(45)62-49)61-47-23-11-10-20-44(47)53-41(21-12-24-48(53)61)36-16-6-2-7-17-36/h1-34H. The molecule has 4 aromatic heterocycles. The maximum absolute atomic E-state index is 6.72. The predicted octanol–water partition coefficient (Wildman–Crippen LogP) is 15.1. The molecule has 0 aliphatic heterocycles. The SMILES string of the molecule is c1ccc(-c2ccc3c(c2)oc2cc(-c4nc(-c5ccccc5)nc(-c5cccc6oc7cc(-n8c9ccccc9c9c(-c%10ccccc%10)cccc98)ccc7c56)n4)ccc23)cc1. The van der Waals surface area contributed by atoms with Gasteiger partial charge in [-0.25, -0.2) is 15.0 Å². The van der Waals surface area contributed by atoms with Crippen LogP contribution in [-0.4, -0.2) is 19.5 Å². The Morgan fingerprint density at radius 1 is 0.302 bits per heavy atom. The molecule has 4 heterocycles. The van der Waals surface area contributed by atoms with Gasteiger partial charge in [-0.2, -0.15) is 0 Å². The van der Waals surface area contributed by atoms with E-state index in [-0.39, 0.29) is 0 Å². The molecule has 63 heavy (non-hydrogen) atoms. The molecule has 6 heteroatoms. The molecule has 0 saturated carbocycles. The van der Waals surface area contributed by atoms with Crippen molar-refractivity contribution in [3.63, 3.8) is 0 Å². The lowest BCUT2D eigenvalue weighted by atomic mass is 9.99. The molecule has 9 aromatic carbocycles. The van der Waals surface area contributed by atoms with Crippen LogP contribution in [0.3, 0.4) is 0 Å². The van der Waals surface area contributed by atoms with Crippen molar-refractivity contribution >= 4 is 65.7 Å². The number of hydrogen-bond acceptors (Lipinski definition) is 5. The number of benzene rings is 9. The van der Waals surface area contributed by atoms with E-state index >= 15 is 0 Å². The maximum atomic E-state index is 6.72. The number of para-hydroxylation sites is 1. The van der Waals surface area contributed by atoms with E-state index in [4.69, 9.17) is 23.8 Å². The zero-order valence-electron chi connectivity index (χ0n) is 33.7. The minimum absolute atomic E-state index is 0.555. The lowest BCUT2D eigenvalue weighted by Crippen LogP contribution is -2.00. The third-order valence-electron chi connectivity index (χ3n) is 12.3. The molecule has 294 valence electrons. The summed E-state index contributed by atoms with van der Waals surface area (Å²) in [7, 11) is 0. The highest BCUT2D eigenvalue weighted by molar-refractivity contribution is 6.17. The third kappa shape index (κ3) is 5.69. The van der Waals surface area contributed by atoms with Crippen LogP contribution in [0.1, 0.15) is 0 Å². The van der Waals surface area contributed by atoms with Gasteiger partial charge in [0.2, 0.25) is 0 Å². The lowest BCUT2D eigenvalue weighted by Gasteiger charge is -2.10. The van der Waals surface area contributed by atoms with Gasteiger partial charge in [-0.15, -0.1) is 0 Å². The molecule has 13 rings (SSSR count). The van der Waals surface area contributed by atoms with Crippen molar-refractivity contribution < 1.29 is 8.83 Å². The monoisotopic (exact) mass is 806 g/mol. The van der Waals surface area contributed by atoms with Crippen molar-refractivity contribution in [1.82, 2.24) is 19.5 Å². The zero-order chi connectivity index (χ0) is 41.4. The molecule has 0 amide bonds. The second kappa shape index (κ2) is 14.0. The summed E-state index contributed by atoms with van der Waals surface area (Å²) in [4.78, 5) is 15.4. The van der Waals surface area contributed by atoms with Crippen molar-refractivity contribution in [2.45, 2.75) is 0 Å². The van der Waals surface area contributed by atoms with E-state index in [1.54, 1.807) is 0 Å². The summed E-state index contributed by atoms with van der Waals surface area (Å²) in [6.07, 6.45) is 0. The Balaban J connectivity index is 0.959. The molecule has 0 unspecified atom stereocenters. The molecule has 0 spiro atoms. The second-order valence-electron chi connectivity index (χ2n) is 15.9. The van der Waals surface area contributed by atoms with Crippen LogP contribution in [0, 0.1) is 0 Å². The van der Waals surface area contributed by atoms with Crippen LogP contribution in [0.2, 0.25) is 0 Å². The maximum Gasteiger partial charge on any atom is 0.164 e. The predicted molar refractivity (Wildman–Crippen MR) is 256 cm³/mol. The van der Waals surface area contributed by atoms with Crippen LogP contribution in [0.25, 0.3) is 128 Å². The highest BCUT2D eigenvalue weighted by Crippen LogP contribution is 2.42. The number of furan rings is 2. The Bertz CT molecular complexity index is 3900. The first-order chi connectivity index (χ1) is 31.2. The first-order valence-corrected chi connectivity index (χ1v) is 21.1. The first-order valence-electron chi connectivity index (χ1n) is 21.1. The van der Waals surface area contributed by atoms with E-state index in [9.17, 15) is 0 Å². The normalized spacial score (nSPS) is 11.8. The van der Waals surface area contributed by atoms with E-state index in [1.165, 1.54) is 21.9 Å². The van der Waals surface area contributed by atoms with E-state index in [0.29, 0.717) is 17.5 Å². The van der Waals surface area contributed by atoms with Gasteiger partial charge < -0.3 is 13.4 Å². The summed E-state index contributed by atoms with van der Waals surface area (Å²) < 4.78 is 15.6. The average Bonchev–Trinajstić information content (AvgIpc) is 4.03. The fourth-order valence-corrected chi connectivity index (χ4v) is 9.36. The van der Waals surface area contributed by atoms with Crippen LogP contribution in [-0.2, 0) is 0 Å². The molecule has 0 bridgehead atoms. The minimum Gasteiger partial charge on any atom is -0.456 e. The molecular weight excluding hydrogens is 773 g/mol. The molecule has 0 N–H and O–H groups in total. The molecular formula is C57H34N4O2. The van der Waals surface area contributed by atoms with Gasteiger partial charge in [0.05, 0.1) is 11.0 Å². The summed E-state index contributed by atoms with van der Waals surface area (Å²) in [5.74, 6) is 1.70. The van der Waals surface area contributed by atoms with E-state index in [1.807, 2.05) is 54.6 Å². The molecule has 0 saturated heterocycles. The Labute approximate surface area is 361 Å². The number of rotatable bonds is 6. The second-order valence-corrected chi connectivity index (χ2v) is 15.9. The number of nitrogens with zero attached hydrogens (tertiary/aromatic N) is 4. The highest BCUT2D eigenvalue weighted by Gasteiger charge is 2.21. The summed E-state index contributed by atoms with van der Waals surface area (Å²) in [5, 5.41) is 6.47. The number of aromatic nitrogens is 4. The van der Waals surface area contributed by atoms with Gasteiger partial charge in [-0.05, 0) is 76.9 Å². The van der Waals surface area contributed by atoms with Crippen molar-refractivity contribution in [3.8, 4) is 62.1 Å². The van der Waals surface area contributed by atoms with Gasteiger partial charge in [0, 0.05) is 60.8 Å². The van der Waals surface area contributed by atoms with Gasteiger partial charge in [-0.1, -0.05) is 146 Å². The number of fused-ring (bicyclic) bond motifs is 9. The summed E-state index contributed by atoms with van der Waals surface area (Å²) in [6, 6.07) is 71.5. The van der Waals surface area contributed by atoms with Crippen LogP contribution in [0.15, 0.2) is 215 Å². The van der Waals surface area contributed by atoms with Crippen molar-refractivity contribution in [3.05, 3.63) is 206 Å². The van der Waals surface area contributed by atoms with Crippen molar-refractivity contribution in [2.75, 3.05) is 0 Å². The van der Waals surface area contributed by atoms with Gasteiger partial charge in [0.15, 0.2) is 17.5 Å². The van der Waals surface area contributed by atoms with E-state index < -0.39 is 0 Å². The van der Waals surface area contributed by atoms with Crippen LogP contribution in [0.4, 0.5) is 0 Å². The molecule has 0 fully saturated rings. The molecule has 6 nitrogen and oxygen atoms in total.